The molecular formula is C13H24N4. The Balaban J connectivity index is 2.39. The smallest absolute Gasteiger partial charge is 0.131 e. The maximum atomic E-state index is 5.87. The molecule has 0 aromatic carbocycles. The summed E-state index contributed by atoms with van der Waals surface area (Å²) in [5.41, 5.74) is 8.15. The van der Waals surface area contributed by atoms with Gasteiger partial charge in [0.05, 0.1) is 5.69 Å². The van der Waals surface area contributed by atoms with Gasteiger partial charge in [0, 0.05) is 31.7 Å². The van der Waals surface area contributed by atoms with Crippen molar-refractivity contribution in [3.8, 4) is 0 Å². The van der Waals surface area contributed by atoms with Crippen LogP contribution in [0.1, 0.15) is 37.9 Å². The Morgan fingerprint density at radius 3 is 2.76 bits per heavy atom. The molecule has 2 rings (SSSR count). The monoisotopic (exact) mass is 236 g/mol. The molecule has 1 aliphatic heterocycles. The lowest BCUT2D eigenvalue weighted by atomic mass is 10.0. The second-order valence-corrected chi connectivity index (χ2v) is 5.36. The first-order valence-electron chi connectivity index (χ1n) is 6.55. The first kappa shape index (κ1) is 12.4. The van der Waals surface area contributed by atoms with Crippen molar-refractivity contribution in [2.45, 2.75) is 46.2 Å². The van der Waals surface area contributed by atoms with Crippen molar-refractivity contribution < 1.29 is 0 Å². The molecule has 2 heterocycles. The highest BCUT2D eigenvalue weighted by molar-refractivity contribution is 5.52. The molecule has 1 aromatic rings. The summed E-state index contributed by atoms with van der Waals surface area (Å²) in [5.74, 6) is 1.92. The average molecular weight is 236 g/mol. The van der Waals surface area contributed by atoms with Crippen molar-refractivity contribution in [2.24, 2.45) is 18.7 Å². The minimum absolute atomic E-state index is 0.580. The van der Waals surface area contributed by atoms with Crippen LogP contribution >= 0.6 is 0 Å². The van der Waals surface area contributed by atoms with Crippen LogP contribution in [0.4, 0.5) is 5.82 Å². The van der Waals surface area contributed by atoms with E-state index in [1.807, 2.05) is 18.7 Å². The Bertz CT molecular complexity index is 394. The third-order valence-electron chi connectivity index (χ3n) is 3.86. The number of nitrogens with zero attached hydrogens (tertiary/aromatic N) is 3. The Kier molecular flexibility index (Phi) is 3.43. The van der Waals surface area contributed by atoms with E-state index in [0.717, 1.165) is 12.2 Å². The molecule has 0 bridgehead atoms. The third-order valence-corrected chi connectivity index (χ3v) is 3.86. The van der Waals surface area contributed by atoms with Crippen LogP contribution in [0.25, 0.3) is 0 Å². The van der Waals surface area contributed by atoms with Crippen molar-refractivity contribution in [3.63, 3.8) is 0 Å². The van der Waals surface area contributed by atoms with Gasteiger partial charge in [-0.3, -0.25) is 4.68 Å². The zero-order valence-corrected chi connectivity index (χ0v) is 11.4. The van der Waals surface area contributed by atoms with Crippen LogP contribution in [0.15, 0.2) is 0 Å². The van der Waals surface area contributed by atoms with Gasteiger partial charge in [-0.15, -0.1) is 0 Å². The van der Waals surface area contributed by atoms with E-state index >= 15 is 0 Å². The lowest BCUT2D eigenvalue weighted by Crippen LogP contribution is -2.35. The summed E-state index contributed by atoms with van der Waals surface area (Å²) in [6, 6.07) is 0.634. The van der Waals surface area contributed by atoms with E-state index in [0.29, 0.717) is 18.5 Å². The van der Waals surface area contributed by atoms with Crippen molar-refractivity contribution >= 4 is 5.82 Å². The average Bonchev–Trinajstić information content (AvgIpc) is 2.81. The minimum Gasteiger partial charge on any atom is -0.353 e. The van der Waals surface area contributed by atoms with E-state index in [1.165, 1.54) is 24.2 Å². The van der Waals surface area contributed by atoms with Gasteiger partial charge in [-0.2, -0.15) is 5.10 Å². The van der Waals surface area contributed by atoms with Crippen LogP contribution in [-0.4, -0.2) is 22.4 Å². The highest BCUT2D eigenvalue weighted by Crippen LogP contribution is 2.32. The minimum atomic E-state index is 0.580. The largest absolute Gasteiger partial charge is 0.353 e. The maximum Gasteiger partial charge on any atom is 0.131 e. The van der Waals surface area contributed by atoms with Gasteiger partial charge in [-0.05, 0) is 25.7 Å². The van der Waals surface area contributed by atoms with Crippen molar-refractivity contribution in [1.29, 1.82) is 0 Å². The molecule has 1 unspecified atom stereocenters. The van der Waals surface area contributed by atoms with E-state index in [-0.39, 0.29) is 0 Å². The summed E-state index contributed by atoms with van der Waals surface area (Å²) >= 11 is 0. The predicted molar refractivity (Wildman–Crippen MR) is 71.0 cm³/mol. The molecule has 1 atom stereocenters. The van der Waals surface area contributed by atoms with Crippen molar-refractivity contribution in [3.05, 3.63) is 11.3 Å². The van der Waals surface area contributed by atoms with E-state index in [4.69, 9.17) is 5.73 Å². The first-order chi connectivity index (χ1) is 8.06. The van der Waals surface area contributed by atoms with Crippen LogP contribution in [0.2, 0.25) is 0 Å². The molecule has 1 fully saturated rings. The van der Waals surface area contributed by atoms with Gasteiger partial charge in [0.1, 0.15) is 5.82 Å². The number of rotatable bonds is 3. The highest BCUT2D eigenvalue weighted by atomic mass is 15.4. The van der Waals surface area contributed by atoms with E-state index < -0.39 is 0 Å². The van der Waals surface area contributed by atoms with Crippen LogP contribution in [0.5, 0.6) is 0 Å². The van der Waals surface area contributed by atoms with Crippen LogP contribution in [0.3, 0.4) is 0 Å². The summed E-state index contributed by atoms with van der Waals surface area (Å²) in [4.78, 5) is 2.51. The van der Waals surface area contributed by atoms with E-state index in [9.17, 15) is 0 Å². The van der Waals surface area contributed by atoms with Crippen LogP contribution in [-0.2, 0) is 13.6 Å². The Morgan fingerprint density at radius 1 is 1.47 bits per heavy atom. The van der Waals surface area contributed by atoms with Gasteiger partial charge < -0.3 is 10.6 Å². The summed E-state index contributed by atoms with van der Waals surface area (Å²) in [5, 5.41) is 4.52. The summed E-state index contributed by atoms with van der Waals surface area (Å²) in [7, 11) is 2.02. The van der Waals surface area contributed by atoms with Gasteiger partial charge in [-0.1, -0.05) is 13.8 Å². The molecule has 2 N–H and O–H groups in total. The molecule has 0 saturated carbocycles. The predicted octanol–water partition coefficient (Wildman–Crippen LogP) is 1.81. The highest BCUT2D eigenvalue weighted by Gasteiger charge is 2.31. The van der Waals surface area contributed by atoms with Gasteiger partial charge in [0.2, 0.25) is 0 Å². The molecular weight excluding hydrogens is 212 g/mol. The second-order valence-electron chi connectivity index (χ2n) is 5.36. The quantitative estimate of drug-likeness (QED) is 0.870. The lowest BCUT2D eigenvalue weighted by Gasteiger charge is -2.30. The number of hydrogen-bond acceptors (Lipinski definition) is 3. The molecule has 1 saturated heterocycles. The number of hydrogen-bond donors (Lipinski definition) is 1. The molecule has 0 aliphatic carbocycles. The normalized spacial score (nSPS) is 20.6. The molecule has 4 nitrogen and oxygen atoms in total. The van der Waals surface area contributed by atoms with Gasteiger partial charge in [-0.25, -0.2) is 0 Å². The second kappa shape index (κ2) is 4.69. The van der Waals surface area contributed by atoms with Crippen molar-refractivity contribution in [2.75, 3.05) is 11.4 Å². The number of nitrogens with two attached hydrogens (primary N) is 1. The molecule has 0 amide bonds. The van der Waals surface area contributed by atoms with Crippen LogP contribution < -0.4 is 10.6 Å². The topological polar surface area (TPSA) is 47.1 Å². The molecule has 0 radical (unpaired) electrons. The Hall–Kier alpha value is -1.03. The first-order valence-corrected chi connectivity index (χ1v) is 6.55. The SMILES string of the molecule is Cc1nn(C)c(N2CCCC2C(C)C)c1CN. The summed E-state index contributed by atoms with van der Waals surface area (Å²) in [6.07, 6.45) is 2.56. The zero-order valence-electron chi connectivity index (χ0n) is 11.4. The van der Waals surface area contributed by atoms with Gasteiger partial charge in [0.25, 0.3) is 0 Å². The van der Waals surface area contributed by atoms with Gasteiger partial charge in [0.15, 0.2) is 0 Å². The van der Waals surface area contributed by atoms with E-state index in [1.54, 1.807) is 0 Å². The number of aromatic nitrogens is 2. The van der Waals surface area contributed by atoms with Gasteiger partial charge >= 0.3 is 0 Å². The van der Waals surface area contributed by atoms with Crippen LogP contribution in [0, 0.1) is 12.8 Å². The fourth-order valence-corrected chi connectivity index (χ4v) is 3.04. The summed E-state index contributed by atoms with van der Waals surface area (Å²) in [6.45, 7) is 8.36. The molecule has 1 aliphatic rings. The van der Waals surface area contributed by atoms with Crippen molar-refractivity contribution in [1.82, 2.24) is 9.78 Å². The standard InChI is InChI=1S/C13H24N4/c1-9(2)12-6-5-7-17(12)13-11(8-14)10(3)15-16(13)4/h9,12H,5-8,14H2,1-4H3. The molecule has 17 heavy (non-hydrogen) atoms. The Labute approximate surface area is 104 Å². The van der Waals surface area contributed by atoms with E-state index in [2.05, 4.69) is 23.8 Å². The molecule has 96 valence electrons. The number of aryl methyl sites for hydroxylation is 2. The fourth-order valence-electron chi connectivity index (χ4n) is 3.04. The summed E-state index contributed by atoms with van der Waals surface area (Å²) < 4.78 is 2.00. The maximum absolute atomic E-state index is 5.87. The Morgan fingerprint density at radius 2 is 2.18 bits per heavy atom. The fraction of sp³-hybridized carbons (Fsp3) is 0.769. The third kappa shape index (κ3) is 2.06. The molecule has 0 spiro atoms. The number of anilines is 1. The molecule has 1 aromatic heterocycles. The molecule has 4 heteroatoms. The zero-order chi connectivity index (χ0) is 12.6. The lowest BCUT2D eigenvalue weighted by molar-refractivity contribution is 0.484.